The van der Waals surface area contributed by atoms with E-state index in [1.807, 2.05) is 0 Å². The molecular formula is CH11CoInSnTi. The Labute approximate surface area is 94.1 Å². The zero-order valence-electron chi connectivity index (χ0n) is 0.833. The van der Waals surface area contributed by atoms with Crippen LogP contribution in [0.1, 0.15) is 7.43 Å². The molecule has 0 aliphatic carbocycles. The second kappa shape index (κ2) is 28.6. The van der Waals surface area contributed by atoms with Crippen LogP contribution in [0.15, 0.2) is 0 Å². The van der Waals surface area contributed by atoms with Crippen molar-refractivity contribution in [3.63, 3.8) is 0 Å². The fourth-order valence-corrected chi connectivity index (χ4v) is 0. The van der Waals surface area contributed by atoms with Gasteiger partial charge in [0.05, 0.1) is 0 Å². The predicted octanol–water partition coefficient (Wildman–Crippen LogP) is -2.00. The van der Waals surface area contributed by atoms with Crippen LogP contribution in [0.25, 0.3) is 0 Å². The van der Waals surface area contributed by atoms with Gasteiger partial charge in [-0.2, -0.15) is 0 Å². The quantitative estimate of drug-likeness (QED) is 0.437. The molecule has 0 saturated carbocycles. The molecule has 0 rings (SSSR count). The van der Waals surface area contributed by atoms with Gasteiger partial charge in [-0.25, -0.2) is 0 Å². The summed E-state index contributed by atoms with van der Waals surface area (Å²) in [5.74, 6) is 0. The third kappa shape index (κ3) is 19.7. The molecule has 0 N–H and O–H groups in total. The summed E-state index contributed by atoms with van der Waals surface area (Å²) in [5.41, 5.74) is 0. The van der Waals surface area contributed by atoms with Crippen molar-refractivity contribution < 1.29 is 38.5 Å². The second-order valence-corrected chi connectivity index (χ2v) is 0. The van der Waals surface area contributed by atoms with Crippen LogP contribution in [0.2, 0.25) is 0 Å². The Bertz CT molecular complexity index is 11.6. The van der Waals surface area contributed by atoms with Crippen LogP contribution in [0.4, 0.5) is 0 Å². The summed E-state index contributed by atoms with van der Waals surface area (Å²) in [5, 5.41) is 0. The largest absolute Gasteiger partial charge is 0 e. The van der Waals surface area contributed by atoms with E-state index in [1.54, 1.807) is 0 Å². The van der Waals surface area contributed by atoms with Crippen molar-refractivity contribution in [2.45, 2.75) is 7.43 Å². The number of hydrogen-bond donors (Lipinski definition) is 0. The van der Waals surface area contributed by atoms with Crippen molar-refractivity contribution in [3.8, 4) is 0 Å². The van der Waals surface area contributed by atoms with Gasteiger partial charge in [-0.05, 0) is 0 Å². The summed E-state index contributed by atoms with van der Waals surface area (Å²) < 4.78 is 0. The van der Waals surface area contributed by atoms with E-state index in [0.29, 0.717) is 0 Å². The van der Waals surface area contributed by atoms with Crippen molar-refractivity contribution in [2.24, 2.45) is 0 Å². The molecule has 0 aromatic carbocycles. The van der Waals surface area contributed by atoms with Gasteiger partial charge in [0, 0.05) is 38.5 Å². The molecule has 0 fully saturated rings. The standard InChI is InChI=1S/CH4.Co.In.Sn.Ti.7H/h1H4;;;;;;;;;;;. The number of hydrogen-bond acceptors (Lipinski definition) is 0. The van der Waals surface area contributed by atoms with Gasteiger partial charge >= 0.3 is 49.8 Å². The van der Waals surface area contributed by atoms with E-state index in [1.165, 1.54) is 0 Å². The molecule has 5 heavy (non-hydrogen) atoms. The predicted molar refractivity (Wildman–Crippen MR) is 28.0 cm³/mol. The van der Waals surface area contributed by atoms with Gasteiger partial charge in [0.1, 0.15) is 0 Å². The fourth-order valence-electron chi connectivity index (χ4n) is 0. The number of rotatable bonds is 0. The molecule has 0 amide bonds. The molecule has 0 heterocycles. The van der Waals surface area contributed by atoms with Gasteiger partial charge < -0.3 is 0 Å². The van der Waals surface area contributed by atoms with Crippen LogP contribution >= 0.6 is 0 Å². The summed E-state index contributed by atoms with van der Waals surface area (Å²) in [6.07, 6.45) is 0. The molecular weight excluding hydrogens is 352 g/mol. The third-order valence-corrected chi connectivity index (χ3v) is 0. The maximum atomic E-state index is 0. The van der Waals surface area contributed by atoms with Gasteiger partial charge in [-0.15, -0.1) is 0 Å². The monoisotopic (exact) mass is 365 g/mol. The Hall–Kier alpha value is 2.89. The Morgan fingerprint density at radius 3 is 1.00 bits per heavy atom. The first kappa shape index (κ1) is 44.9. The van der Waals surface area contributed by atoms with Crippen molar-refractivity contribution in [1.82, 2.24) is 0 Å². The molecule has 0 unspecified atom stereocenters. The third-order valence-electron chi connectivity index (χ3n) is 0. The maximum Gasteiger partial charge on any atom is 0 e. The average molecular weight is 363 g/mol. The Balaban J connectivity index is 0. The summed E-state index contributed by atoms with van der Waals surface area (Å²) in [7, 11) is 0. The van der Waals surface area contributed by atoms with Crippen LogP contribution in [-0.2, 0) is 38.5 Å². The van der Waals surface area contributed by atoms with E-state index in [2.05, 4.69) is 0 Å². The minimum Gasteiger partial charge on any atom is 0 e. The zero-order valence-corrected chi connectivity index (χ0v) is 3.44. The summed E-state index contributed by atoms with van der Waals surface area (Å²) in [6.45, 7) is 0. The smallest absolute Gasteiger partial charge is 0 e. The summed E-state index contributed by atoms with van der Waals surface area (Å²) in [6, 6.07) is 0. The molecule has 0 saturated heterocycles. The summed E-state index contributed by atoms with van der Waals surface area (Å²) >= 11 is 0. The molecule has 0 aliphatic heterocycles. The average Bonchev–Trinajstić information content (AvgIpc) is 0. The Morgan fingerprint density at radius 2 is 1.00 bits per heavy atom. The van der Waals surface area contributed by atoms with E-state index >= 15 is 0 Å². The van der Waals surface area contributed by atoms with Crippen LogP contribution in [0, 0.1) is 0 Å². The van der Waals surface area contributed by atoms with Crippen molar-refractivity contribution >= 4 is 49.8 Å². The first-order valence-corrected chi connectivity index (χ1v) is 0. The second-order valence-electron chi connectivity index (χ2n) is 0. The van der Waals surface area contributed by atoms with Gasteiger partial charge in [0.2, 0.25) is 0 Å². The van der Waals surface area contributed by atoms with Gasteiger partial charge in [-0.3, -0.25) is 0 Å². The van der Waals surface area contributed by atoms with E-state index in [4.69, 9.17) is 0 Å². The van der Waals surface area contributed by atoms with Crippen molar-refractivity contribution in [2.75, 3.05) is 0 Å². The molecule has 35 valence electrons. The topological polar surface area (TPSA) is 0 Å². The minimum atomic E-state index is 0. The Kier molecular flexibility index (Phi) is 257. The molecule has 0 bridgehead atoms. The fraction of sp³-hybridized carbons (Fsp3) is 1.00. The minimum absolute atomic E-state index is 0. The first-order chi connectivity index (χ1) is 0. The molecule has 0 aromatic heterocycles. The molecule has 1 radical (unpaired) electrons. The van der Waals surface area contributed by atoms with Gasteiger partial charge in [0.15, 0.2) is 0 Å². The summed E-state index contributed by atoms with van der Waals surface area (Å²) in [4.78, 5) is 0. The van der Waals surface area contributed by atoms with Gasteiger partial charge in [-0.1, -0.05) is 7.43 Å². The molecule has 0 spiro atoms. The maximum absolute atomic E-state index is 0. The normalized spacial score (nSPS) is 0. The molecule has 0 nitrogen and oxygen atoms in total. The van der Waals surface area contributed by atoms with E-state index in [0.717, 1.165) is 0 Å². The van der Waals surface area contributed by atoms with E-state index in [9.17, 15) is 0 Å². The first-order valence-electron chi connectivity index (χ1n) is 0. The van der Waals surface area contributed by atoms with Crippen LogP contribution in [0.5, 0.6) is 0 Å². The van der Waals surface area contributed by atoms with Crippen LogP contribution in [-0.4, -0.2) is 49.8 Å². The van der Waals surface area contributed by atoms with Crippen LogP contribution < -0.4 is 0 Å². The Morgan fingerprint density at radius 1 is 1.00 bits per heavy atom. The molecule has 4 heteroatoms. The molecule has 0 atom stereocenters. The zero-order chi connectivity index (χ0) is 0. The SMILES string of the molecule is C.[Co].[InH3].[SnH4].[Ti]. The molecule has 0 aromatic rings. The van der Waals surface area contributed by atoms with E-state index < -0.39 is 0 Å². The molecule has 0 aliphatic rings. The van der Waals surface area contributed by atoms with Gasteiger partial charge in [0.25, 0.3) is 0 Å². The van der Waals surface area contributed by atoms with Crippen molar-refractivity contribution in [1.29, 1.82) is 0 Å². The van der Waals surface area contributed by atoms with Crippen molar-refractivity contribution in [3.05, 3.63) is 0 Å². The van der Waals surface area contributed by atoms with E-state index in [-0.39, 0.29) is 95.7 Å². The van der Waals surface area contributed by atoms with Crippen LogP contribution in [0.3, 0.4) is 0 Å².